The van der Waals surface area contributed by atoms with Crippen LogP contribution in [0.25, 0.3) is 5.57 Å². The monoisotopic (exact) mass is 439 g/mol. The molecule has 0 aliphatic carbocycles. The van der Waals surface area contributed by atoms with E-state index in [0.717, 1.165) is 15.0 Å². The fourth-order valence-electron chi connectivity index (χ4n) is 2.85. The van der Waals surface area contributed by atoms with Crippen molar-refractivity contribution in [1.29, 1.82) is 0 Å². The smallest absolute Gasteiger partial charge is 0.278 e. The van der Waals surface area contributed by atoms with Crippen LogP contribution in [0.1, 0.15) is 10.6 Å². The highest BCUT2D eigenvalue weighted by molar-refractivity contribution is 9.10. The molecule has 1 aromatic carbocycles. The van der Waals surface area contributed by atoms with E-state index >= 15 is 0 Å². The Morgan fingerprint density at radius 2 is 1.93 bits per heavy atom. The summed E-state index contributed by atoms with van der Waals surface area (Å²) < 4.78 is 0.882. The van der Waals surface area contributed by atoms with E-state index in [1.807, 2.05) is 47.8 Å². The summed E-state index contributed by atoms with van der Waals surface area (Å²) in [6.45, 7) is 0.136. The summed E-state index contributed by atoms with van der Waals surface area (Å²) >= 11 is 4.85. The van der Waals surface area contributed by atoms with Gasteiger partial charge in [-0.05, 0) is 41.8 Å². The van der Waals surface area contributed by atoms with Gasteiger partial charge in [0.2, 0.25) is 0 Å². The summed E-state index contributed by atoms with van der Waals surface area (Å²) in [5.41, 5.74) is 2.07. The zero-order valence-electron chi connectivity index (χ0n) is 14.1. The van der Waals surface area contributed by atoms with Crippen LogP contribution in [0.4, 0.5) is 5.69 Å². The Kier molecular flexibility index (Phi) is 4.87. The second kappa shape index (κ2) is 7.46. The van der Waals surface area contributed by atoms with Gasteiger partial charge < -0.3 is 5.32 Å². The Balaban J connectivity index is 1.72. The lowest BCUT2D eigenvalue weighted by molar-refractivity contribution is -0.137. The van der Waals surface area contributed by atoms with E-state index in [4.69, 9.17) is 0 Å². The molecular formula is C20H14BrN3O2S. The molecule has 0 atom stereocenters. The average molecular weight is 440 g/mol. The molecule has 3 aromatic rings. The van der Waals surface area contributed by atoms with Crippen LogP contribution in [-0.4, -0.2) is 21.7 Å². The molecule has 0 spiro atoms. The number of hydrogen-bond donors (Lipinski definition) is 1. The molecule has 0 saturated carbocycles. The zero-order valence-corrected chi connectivity index (χ0v) is 16.5. The predicted molar refractivity (Wildman–Crippen MR) is 109 cm³/mol. The number of amides is 2. The van der Waals surface area contributed by atoms with E-state index in [1.54, 1.807) is 18.3 Å². The summed E-state index contributed by atoms with van der Waals surface area (Å²) in [7, 11) is 0. The second-order valence-electron chi connectivity index (χ2n) is 5.88. The number of rotatable bonds is 5. The van der Waals surface area contributed by atoms with Crippen molar-refractivity contribution < 1.29 is 9.59 Å². The Morgan fingerprint density at radius 1 is 1.04 bits per heavy atom. The maximum Gasteiger partial charge on any atom is 0.278 e. The van der Waals surface area contributed by atoms with E-state index in [9.17, 15) is 9.59 Å². The maximum absolute atomic E-state index is 13.1. The number of carbonyl (C=O) groups is 2. The number of imide groups is 1. The standard InChI is InChI=1S/C20H14BrN3O2S/c21-13-5-3-7-14(11-13)23-18-17(16-8-4-10-27-16)19(25)24(20(18)26)12-15-6-1-2-9-22-15/h1-11,23H,12H2. The number of hydrogen-bond acceptors (Lipinski definition) is 5. The molecule has 0 bridgehead atoms. The van der Waals surface area contributed by atoms with Crippen LogP contribution < -0.4 is 5.32 Å². The molecule has 2 aromatic heterocycles. The molecule has 0 radical (unpaired) electrons. The highest BCUT2D eigenvalue weighted by atomic mass is 79.9. The molecule has 2 amide bonds. The van der Waals surface area contributed by atoms with E-state index < -0.39 is 0 Å². The van der Waals surface area contributed by atoms with Gasteiger partial charge in [0.05, 0.1) is 17.8 Å². The number of thiophene rings is 1. The Labute approximate surface area is 168 Å². The second-order valence-corrected chi connectivity index (χ2v) is 7.74. The van der Waals surface area contributed by atoms with Crippen molar-refractivity contribution in [2.24, 2.45) is 0 Å². The summed E-state index contributed by atoms with van der Waals surface area (Å²) in [5.74, 6) is -0.667. The third-order valence-corrected chi connectivity index (χ3v) is 5.46. The van der Waals surface area contributed by atoms with Gasteiger partial charge in [0.1, 0.15) is 5.70 Å². The number of anilines is 1. The molecule has 0 saturated heterocycles. The predicted octanol–water partition coefficient (Wildman–Crippen LogP) is 4.30. The molecule has 1 aliphatic rings. The van der Waals surface area contributed by atoms with Crippen molar-refractivity contribution >= 4 is 50.3 Å². The lowest BCUT2D eigenvalue weighted by Crippen LogP contribution is -2.32. The van der Waals surface area contributed by atoms with Crippen LogP contribution in [0, 0.1) is 0 Å². The van der Waals surface area contributed by atoms with Crippen LogP contribution in [0.2, 0.25) is 0 Å². The molecular weight excluding hydrogens is 426 g/mol. The van der Waals surface area contributed by atoms with Gasteiger partial charge in [-0.1, -0.05) is 34.1 Å². The molecule has 0 unspecified atom stereocenters. The highest BCUT2D eigenvalue weighted by Gasteiger charge is 2.39. The van der Waals surface area contributed by atoms with E-state index in [0.29, 0.717) is 11.3 Å². The van der Waals surface area contributed by atoms with Crippen LogP contribution >= 0.6 is 27.3 Å². The molecule has 1 aliphatic heterocycles. The number of nitrogens with zero attached hydrogens (tertiary/aromatic N) is 2. The van der Waals surface area contributed by atoms with Crippen LogP contribution in [-0.2, 0) is 16.1 Å². The summed E-state index contributed by atoms with van der Waals surface area (Å²) in [5, 5.41) is 5.03. The van der Waals surface area contributed by atoms with Crippen molar-refractivity contribution in [3.8, 4) is 0 Å². The van der Waals surface area contributed by atoms with Gasteiger partial charge in [0.15, 0.2) is 0 Å². The summed E-state index contributed by atoms with van der Waals surface area (Å²) in [4.78, 5) is 32.4. The normalized spacial score (nSPS) is 14.2. The van der Waals surface area contributed by atoms with E-state index in [-0.39, 0.29) is 24.1 Å². The summed E-state index contributed by atoms with van der Waals surface area (Å²) in [6.07, 6.45) is 1.65. The lowest BCUT2D eigenvalue weighted by atomic mass is 10.2. The van der Waals surface area contributed by atoms with Crippen molar-refractivity contribution in [3.05, 3.63) is 86.9 Å². The molecule has 27 heavy (non-hydrogen) atoms. The number of aromatic nitrogens is 1. The average Bonchev–Trinajstić information content (AvgIpc) is 3.26. The van der Waals surface area contributed by atoms with Crippen molar-refractivity contribution in [3.63, 3.8) is 0 Å². The zero-order chi connectivity index (χ0) is 18.8. The SMILES string of the molecule is O=C1C(Nc2cccc(Br)c2)=C(c2cccs2)C(=O)N1Cc1ccccn1. The van der Waals surface area contributed by atoms with Gasteiger partial charge in [-0.2, -0.15) is 0 Å². The summed E-state index contributed by atoms with van der Waals surface area (Å²) in [6, 6.07) is 16.6. The van der Waals surface area contributed by atoms with Crippen molar-refractivity contribution in [2.75, 3.05) is 5.32 Å². The topological polar surface area (TPSA) is 62.3 Å². The number of carbonyl (C=O) groups excluding carboxylic acids is 2. The molecule has 3 heterocycles. The number of nitrogens with one attached hydrogen (secondary N) is 1. The van der Waals surface area contributed by atoms with E-state index in [2.05, 4.69) is 26.2 Å². The quantitative estimate of drug-likeness (QED) is 0.602. The Hall–Kier alpha value is -2.77. The number of pyridine rings is 1. The van der Waals surface area contributed by atoms with Gasteiger partial charge in [0, 0.05) is 21.2 Å². The largest absolute Gasteiger partial charge is 0.350 e. The fourth-order valence-corrected chi connectivity index (χ4v) is 4.02. The van der Waals surface area contributed by atoms with Gasteiger partial charge in [0.25, 0.3) is 11.8 Å². The minimum absolute atomic E-state index is 0.136. The molecule has 1 N–H and O–H groups in total. The fraction of sp³-hybridized carbons (Fsp3) is 0.0500. The van der Waals surface area contributed by atoms with Gasteiger partial charge in [-0.3, -0.25) is 19.5 Å². The minimum atomic E-state index is -0.353. The third kappa shape index (κ3) is 3.56. The first-order valence-corrected chi connectivity index (χ1v) is 9.87. The number of halogens is 1. The number of benzene rings is 1. The first-order valence-electron chi connectivity index (χ1n) is 8.20. The third-order valence-electron chi connectivity index (χ3n) is 4.08. The van der Waals surface area contributed by atoms with Gasteiger partial charge in [-0.25, -0.2) is 0 Å². The van der Waals surface area contributed by atoms with Crippen LogP contribution in [0.3, 0.4) is 0 Å². The van der Waals surface area contributed by atoms with Gasteiger partial charge in [-0.15, -0.1) is 11.3 Å². The lowest BCUT2D eigenvalue weighted by Gasteiger charge is -2.14. The van der Waals surface area contributed by atoms with Crippen LogP contribution in [0.5, 0.6) is 0 Å². The first kappa shape index (κ1) is 17.6. The Morgan fingerprint density at radius 3 is 2.63 bits per heavy atom. The van der Waals surface area contributed by atoms with Crippen molar-refractivity contribution in [2.45, 2.75) is 6.54 Å². The highest BCUT2D eigenvalue weighted by Crippen LogP contribution is 2.33. The van der Waals surface area contributed by atoms with Crippen molar-refractivity contribution in [1.82, 2.24) is 9.88 Å². The van der Waals surface area contributed by atoms with E-state index in [1.165, 1.54) is 16.2 Å². The molecule has 134 valence electrons. The van der Waals surface area contributed by atoms with Crippen LogP contribution in [0.15, 0.2) is 76.3 Å². The Bertz CT molecular complexity index is 1030. The molecule has 7 heteroatoms. The van der Waals surface area contributed by atoms with Gasteiger partial charge >= 0.3 is 0 Å². The maximum atomic E-state index is 13.1. The molecule has 0 fully saturated rings. The first-order chi connectivity index (χ1) is 13.1. The molecule has 4 rings (SSSR count). The molecule has 5 nitrogen and oxygen atoms in total. The minimum Gasteiger partial charge on any atom is -0.350 e.